The van der Waals surface area contributed by atoms with Gasteiger partial charge in [0.15, 0.2) is 5.76 Å². The van der Waals surface area contributed by atoms with Gasteiger partial charge in [-0.1, -0.05) is 5.16 Å². The number of hydrogen-bond acceptors (Lipinski definition) is 5. The van der Waals surface area contributed by atoms with Crippen LogP contribution in [0.2, 0.25) is 0 Å². The first-order chi connectivity index (χ1) is 8.19. The largest absolute Gasteiger partial charge is 0.461 e. The van der Waals surface area contributed by atoms with Crippen molar-refractivity contribution < 1.29 is 8.94 Å². The van der Waals surface area contributed by atoms with E-state index in [4.69, 9.17) is 8.94 Å². The molecule has 3 heterocycles. The molecule has 0 radical (unpaired) electrons. The summed E-state index contributed by atoms with van der Waals surface area (Å²) in [6.45, 7) is 5.05. The maximum Gasteiger partial charge on any atom is 0.247 e. The zero-order valence-electron chi connectivity index (χ0n) is 9.99. The first-order valence-corrected chi connectivity index (χ1v) is 5.83. The standard InChI is InChI=1S/C12H15N3O2/c1-8-4-7-16-9(8)10-14-11(17-15-10)12(2)5-3-6-13-12/h4,7,13H,3,5-6H2,1-2H3. The summed E-state index contributed by atoms with van der Waals surface area (Å²) in [6, 6.07) is 1.89. The van der Waals surface area contributed by atoms with Gasteiger partial charge >= 0.3 is 0 Å². The third-order valence-corrected chi connectivity index (χ3v) is 3.33. The second-order valence-electron chi connectivity index (χ2n) is 4.72. The van der Waals surface area contributed by atoms with Crippen LogP contribution in [-0.4, -0.2) is 16.7 Å². The molecule has 17 heavy (non-hydrogen) atoms. The summed E-state index contributed by atoms with van der Waals surface area (Å²) in [7, 11) is 0. The Hall–Kier alpha value is -1.62. The summed E-state index contributed by atoms with van der Waals surface area (Å²) in [5.74, 6) is 1.85. The van der Waals surface area contributed by atoms with E-state index in [0.717, 1.165) is 24.9 Å². The molecule has 1 unspecified atom stereocenters. The second kappa shape index (κ2) is 3.70. The van der Waals surface area contributed by atoms with Crippen LogP contribution in [0.3, 0.4) is 0 Å². The molecule has 3 rings (SSSR count). The maximum absolute atomic E-state index is 5.35. The Morgan fingerprint density at radius 2 is 2.35 bits per heavy atom. The van der Waals surface area contributed by atoms with Crippen molar-refractivity contribution in [1.82, 2.24) is 15.5 Å². The fourth-order valence-electron chi connectivity index (χ4n) is 2.22. The van der Waals surface area contributed by atoms with Gasteiger partial charge in [-0.3, -0.25) is 0 Å². The molecule has 2 aromatic heterocycles. The molecule has 0 aromatic carbocycles. The Morgan fingerprint density at radius 1 is 1.47 bits per heavy atom. The molecule has 0 aliphatic carbocycles. The van der Waals surface area contributed by atoms with E-state index in [0.29, 0.717) is 17.5 Å². The number of aromatic nitrogens is 2. The lowest BCUT2D eigenvalue weighted by Gasteiger charge is -2.18. The van der Waals surface area contributed by atoms with E-state index >= 15 is 0 Å². The van der Waals surface area contributed by atoms with Crippen molar-refractivity contribution in [2.75, 3.05) is 6.54 Å². The van der Waals surface area contributed by atoms with Crippen molar-refractivity contribution in [3.63, 3.8) is 0 Å². The van der Waals surface area contributed by atoms with E-state index in [1.807, 2.05) is 13.0 Å². The summed E-state index contributed by atoms with van der Waals surface area (Å²) < 4.78 is 10.7. The Labute approximate surface area is 99.2 Å². The predicted molar refractivity (Wildman–Crippen MR) is 61.3 cm³/mol. The average molecular weight is 233 g/mol. The summed E-state index contributed by atoms with van der Waals surface area (Å²) >= 11 is 0. The van der Waals surface area contributed by atoms with Crippen LogP contribution in [0.5, 0.6) is 0 Å². The smallest absolute Gasteiger partial charge is 0.247 e. The lowest BCUT2D eigenvalue weighted by molar-refractivity contribution is 0.275. The third kappa shape index (κ3) is 1.67. The minimum atomic E-state index is -0.189. The van der Waals surface area contributed by atoms with Crippen LogP contribution in [-0.2, 0) is 5.54 Å². The number of nitrogens with one attached hydrogen (secondary N) is 1. The first kappa shape index (κ1) is 10.5. The van der Waals surface area contributed by atoms with E-state index in [9.17, 15) is 0 Å². The molecular formula is C12H15N3O2. The Morgan fingerprint density at radius 3 is 3.00 bits per heavy atom. The van der Waals surface area contributed by atoms with Crippen LogP contribution >= 0.6 is 0 Å². The number of furan rings is 1. The molecule has 1 aliphatic rings. The zero-order chi connectivity index (χ0) is 11.9. The highest BCUT2D eigenvalue weighted by molar-refractivity contribution is 5.51. The van der Waals surface area contributed by atoms with Gasteiger partial charge in [-0.25, -0.2) is 0 Å². The van der Waals surface area contributed by atoms with Crippen LogP contribution in [0.4, 0.5) is 0 Å². The topological polar surface area (TPSA) is 64.1 Å². The van der Waals surface area contributed by atoms with Crippen molar-refractivity contribution >= 4 is 0 Å². The molecule has 1 saturated heterocycles. The van der Waals surface area contributed by atoms with Crippen LogP contribution in [0.25, 0.3) is 11.6 Å². The Balaban J connectivity index is 1.96. The fourth-order valence-corrected chi connectivity index (χ4v) is 2.22. The SMILES string of the molecule is Cc1ccoc1-c1noc(C2(C)CCCN2)n1. The molecule has 5 nitrogen and oxygen atoms in total. The molecular weight excluding hydrogens is 218 g/mol. The molecule has 0 amide bonds. The van der Waals surface area contributed by atoms with Gasteiger partial charge in [-0.15, -0.1) is 0 Å². The molecule has 0 bridgehead atoms. The quantitative estimate of drug-likeness (QED) is 0.861. The van der Waals surface area contributed by atoms with Gasteiger partial charge in [0, 0.05) is 0 Å². The molecule has 2 aromatic rings. The summed E-state index contributed by atoms with van der Waals surface area (Å²) in [6.07, 6.45) is 3.79. The fraction of sp³-hybridized carbons (Fsp3) is 0.500. The lowest BCUT2D eigenvalue weighted by atomic mass is 10.0. The molecule has 0 spiro atoms. The van der Waals surface area contributed by atoms with Crippen LogP contribution < -0.4 is 5.32 Å². The highest BCUT2D eigenvalue weighted by atomic mass is 16.5. The van der Waals surface area contributed by atoms with Crippen LogP contribution in [0.15, 0.2) is 21.3 Å². The van der Waals surface area contributed by atoms with Gasteiger partial charge in [0.2, 0.25) is 11.7 Å². The van der Waals surface area contributed by atoms with Gasteiger partial charge in [0.25, 0.3) is 0 Å². The Bertz CT molecular complexity index is 523. The summed E-state index contributed by atoms with van der Waals surface area (Å²) in [5.41, 5.74) is 0.827. The summed E-state index contributed by atoms with van der Waals surface area (Å²) in [4.78, 5) is 4.43. The van der Waals surface area contributed by atoms with Gasteiger partial charge < -0.3 is 14.3 Å². The van der Waals surface area contributed by atoms with Gasteiger partial charge in [-0.05, 0) is 44.9 Å². The van der Waals surface area contributed by atoms with Crippen LogP contribution in [0.1, 0.15) is 31.2 Å². The maximum atomic E-state index is 5.35. The Kier molecular flexibility index (Phi) is 2.29. The number of hydrogen-bond donors (Lipinski definition) is 1. The van der Waals surface area contributed by atoms with Crippen LogP contribution in [0, 0.1) is 6.92 Å². The van der Waals surface area contributed by atoms with Crippen molar-refractivity contribution in [2.45, 2.75) is 32.2 Å². The molecule has 1 N–H and O–H groups in total. The minimum Gasteiger partial charge on any atom is -0.461 e. The minimum absolute atomic E-state index is 0.189. The van der Waals surface area contributed by atoms with E-state index in [1.165, 1.54) is 0 Å². The molecule has 0 saturated carbocycles. The molecule has 1 aliphatic heterocycles. The monoisotopic (exact) mass is 233 g/mol. The van der Waals surface area contributed by atoms with Gasteiger partial charge in [0.05, 0.1) is 11.8 Å². The van der Waals surface area contributed by atoms with E-state index in [2.05, 4.69) is 22.4 Å². The average Bonchev–Trinajstić information content (AvgIpc) is 2.97. The van der Waals surface area contributed by atoms with E-state index < -0.39 is 0 Å². The van der Waals surface area contributed by atoms with Crippen molar-refractivity contribution in [2.24, 2.45) is 0 Å². The number of rotatable bonds is 2. The normalized spacial score (nSPS) is 24.4. The van der Waals surface area contributed by atoms with Gasteiger partial charge in [0.1, 0.15) is 0 Å². The van der Waals surface area contributed by atoms with Crippen molar-refractivity contribution in [3.05, 3.63) is 23.8 Å². The lowest BCUT2D eigenvalue weighted by Crippen LogP contribution is -2.33. The number of aryl methyl sites for hydroxylation is 1. The van der Waals surface area contributed by atoms with E-state index in [-0.39, 0.29) is 5.54 Å². The molecule has 1 fully saturated rings. The predicted octanol–water partition coefficient (Wildman–Crippen LogP) is 2.24. The molecule has 5 heteroatoms. The van der Waals surface area contributed by atoms with E-state index in [1.54, 1.807) is 6.26 Å². The number of nitrogens with zero attached hydrogens (tertiary/aromatic N) is 2. The first-order valence-electron chi connectivity index (χ1n) is 5.83. The second-order valence-corrected chi connectivity index (χ2v) is 4.72. The van der Waals surface area contributed by atoms with Gasteiger partial charge in [-0.2, -0.15) is 4.98 Å². The van der Waals surface area contributed by atoms with Crippen molar-refractivity contribution in [3.8, 4) is 11.6 Å². The molecule has 1 atom stereocenters. The molecule has 90 valence electrons. The van der Waals surface area contributed by atoms with Crippen molar-refractivity contribution in [1.29, 1.82) is 0 Å². The highest BCUT2D eigenvalue weighted by Gasteiger charge is 2.36. The third-order valence-electron chi connectivity index (χ3n) is 3.33. The zero-order valence-corrected chi connectivity index (χ0v) is 9.99. The summed E-state index contributed by atoms with van der Waals surface area (Å²) in [5, 5.41) is 7.39. The highest BCUT2D eigenvalue weighted by Crippen LogP contribution is 2.31.